The van der Waals surface area contributed by atoms with Gasteiger partial charge in [0.25, 0.3) is 5.69 Å². The Hall–Kier alpha value is -3.46. The van der Waals surface area contributed by atoms with Crippen molar-refractivity contribution in [3.05, 3.63) is 57.6 Å². The van der Waals surface area contributed by atoms with Gasteiger partial charge in [-0.3, -0.25) is 14.9 Å². The highest BCUT2D eigenvalue weighted by Crippen LogP contribution is 2.52. The molecule has 2 aromatic rings. The molecule has 0 fully saturated rings. The Bertz CT molecular complexity index is 1130. The fourth-order valence-electron chi connectivity index (χ4n) is 4.93. The van der Waals surface area contributed by atoms with Gasteiger partial charge < -0.3 is 19.1 Å². The fraction of sp³-hybridized carbons (Fsp3) is 0.440. The average Bonchev–Trinajstić information content (AvgIpc) is 3.04. The number of hydrogen-bond acceptors (Lipinski definition) is 8. The molecule has 0 radical (unpaired) electrons. The molecule has 9 nitrogen and oxygen atoms in total. The number of carbonyl (C=O) groups excluding carboxylic acids is 2. The van der Waals surface area contributed by atoms with E-state index < -0.39 is 22.6 Å². The van der Waals surface area contributed by atoms with E-state index in [-0.39, 0.29) is 29.0 Å². The summed E-state index contributed by atoms with van der Waals surface area (Å²) in [7, 11) is 2.04. The van der Waals surface area contributed by atoms with Gasteiger partial charge in [-0.1, -0.05) is 19.9 Å². The molecule has 0 aliphatic carbocycles. The molecule has 34 heavy (non-hydrogen) atoms. The predicted octanol–water partition coefficient (Wildman–Crippen LogP) is 4.44. The lowest BCUT2D eigenvalue weighted by atomic mass is 9.75. The van der Waals surface area contributed by atoms with E-state index in [1.165, 1.54) is 24.3 Å². The first-order valence-electron chi connectivity index (χ1n) is 11.3. The number of nitro benzene ring substituents is 1. The monoisotopic (exact) mass is 468 g/mol. The van der Waals surface area contributed by atoms with Crippen LogP contribution in [0.15, 0.2) is 36.4 Å². The number of ketones is 1. The molecule has 0 saturated carbocycles. The Labute approximate surface area is 197 Å². The van der Waals surface area contributed by atoms with Gasteiger partial charge in [0.05, 0.1) is 10.3 Å². The summed E-state index contributed by atoms with van der Waals surface area (Å²) in [5.74, 6) is 0.715. The van der Waals surface area contributed by atoms with Crippen molar-refractivity contribution in [3.63, 3.8) is 0 Å². The van der Waals surface area contributed by atoms with E-state index in [0.29, 0.717) is 18.7 Å². The Morgan fingerprint density at radius 1 is 1.21 bits per heavy atom. The lowest BCUT2D eigenvalue weighted by Gasteiger charge is -2.33. The average molecular weight is 469 g/mol. The second-order valence-electron chi connectivity index (χ2n) is 9.23. The molecule has 4 rings (SSSR count). The van der Waals surface area contributed by atoms with Crippen LogP contribution in [0.4, 0.5) is 10.5 Å². The normalized spacial score (nSPS) is 23.4. The lowest BCUT2D eigenvalue weighted by molar-refractivity contribution is -0.384. The molecule has 0 amide bonds. The van der Waals surface area contributed by atoms with Crippen LogP contribution in [0.1, 0.15) is 44.7 Å². The van der Waals surface area contributed by atoms with Crippen molar-refractivity contribution < 1.29 is 28.7 Å². The third-order valence-electron chi connectivity index (χ3n) is 6.67. The number of rotatable bonds is 6. The highest BCUT2D eigenvalue weighted by molar-refractivity contribution is 5.87. The molecule has 0 saturated heterocycles. The van der Waals surface area contributed by atoms with E-state index in [1.807, 2.05) is 27.0 Å². The zero-order valence-corrected chi connectivity index (χ0v) is 19.7. The van der Waals surface area contributed by atoms with Crippen molar-refractivity contribution >= 4 is 17.6 Å². The second-order valence-corrected chi connectivity index (χ2v) is 9.23. The molecular formula is C25H28N2O7. The topological polar surface area (TPSA) is 108 Å². The second kappa shape index (κ2) is 9.06. The minimum absolute atomic E-state index is 0.0227. The van der Waals surface area contributed by atoms with Crippen LogP contribution in [0.25, 0.3) is 0 Å². The first kappa shape index (κ1) is 23.7. The van der Waals surface area contributed by atoms with Gasteiger partial charge in [0.15, 0.2) is 23.4 Å². The molecule has 2 heterocycles. The minimum atomic E-state index is -1.00. The molecule has 180 valence electrons. The van der Waals surface area contributed by atoms with Crippen LogP contribution in [0.5, 0.6) is 17.2 Å². The molecule has 2 aromatic carbocycles. The molecule has 0 aromatic heterocycles. The number of Topliss-reactive ketones (excluding diaryl/α,β-unsaturated/α-hetero) is 1. The molecule has 0 N–H and O–H groups in total. The Kier molecular flexibility index (Phi) is 6.31. The maximum absolute atomic E-state index is 13.1. The van der Waals surface area contributed by atoms with Crippen molar-refractivity contribution in [1.29, 1.82) is 0 Å². The van der Waals surface area contributed by atoms with Crippen LogP contribution >= 0.6 is 0 Å². The van der Waals surface area contributed by atoms with E-state index in [0.717, 1.165) is 24.0 Å². The molecule has 2 aliphatic heterocycles. The standard InChI is InChI=1S/C25H28N2O7/c1-5-6-19(28)23-25(3)14-26(4)15(2)13-16-7-12-20(22(34-23)21(16)25)33-24(29)32-18-10-8-17(9-11-18)27(30)31/h7-12,15,23H,5-6,13-14H2,1-4H3. The van der Waals surface area contributed by atoms with Crippen molar-refractivity contribution in [2.45, 2.75) is 57.6 Å². The first-order chi connectivity index (χ1) is 16.1. The van der Waals surface area contributed by atoms with Gasteiger partial charge in [-0.25, -0.2) is 4.79 Å². The predicted molar refractivity (Wildman–Crippen MR) is 124 cm³/mol. The summed E-state index contributed by atoms with van der Waals surface area (Å²) >= 11 is 0. The lowest BCUT2D eigenvalue weighted by Crippen LogP contribution is -2.49. The first-order valence-corrected chi connectivity index (χ1v) is 11.3. The highest BCUT2D eigenvalue weighted by Gasteiger charge is 2.53. The van der Waals surface area contributed by atoms with E-state index >= 15 is 0 Å². The van der Waals surface area contributed by atoms with Crippen molar-refractivity contribution in [3.8, 4) is 17.2 Å². The fourth-order valence-corrected chi connectivity index (χ4v) is 4.93. The summed E-state index contributed by atoms with van der Waals surface area (Å²) in [6, 6.07) is 8.96. The molecule has 9 heteroatoms. The number of benzene rings is 2. The van der Waals surface area contributed by atoms with Crippen LogP contribution in [0.3, 0.4) is 0 Å². The van der Waals surface area contributed by atoms with Gasteiger partial charge in [0.1, 0.15) is 5.75 Å². The number of nitrogens with zero attached hydrogens (tertiary/aromatic N) is 2. The number of nitro groups is 1. The van der Waals surface area contributed by atoms with E-state index in [2.05, 4.69) is 11.8 Å². The van der Waals surface area contributed by atoms with Crippen molar-refractivity contribution in [1.82, 2.24) is 4.90 Å². The largest absolute Gasteiger partial charge is 0.519 e. The van der Waals surface area contributed by atoms with Crippen LogP contribution in [0.2, 0.25) is 0 Å². The van der Waals surface area contributed by atoms with Crippen LogP contribution in [0, 0.1) is 10.1 Å². The van der Waals surface area contributed by atoms with Crippen molar-refractivity contribution in [2.24, 2.45) is 0 Å². The van der Waals surface area contributed by atoms with Gasteiger partial charge in [-0.05, 0) is 50.6 Å². The summed E-state index contributed by atoms with van der Waals surface area (Å²) in [6.07, 6.45) is 0.221. The van der Waals surface area contributed by atoms with E-state index in [4.69, 9.17) is 14.2 Å². The Morgan fingerprint density at radius 3 is 2.56 bits per heavy atom. The van der Waals surface area contributed by atoms with E-state index in [9.17, 15) is 19.7 Å². The quantitative estimate of drug-likeness (QED) is 0.265. The number of ether oxygens (including phenoxy) is 3. The molecular weight excluding hydrogens is 440 g/mol. The maximum Gasteiger partial charge on any atom is 0.519 e. The summed E-state index contributed by atoms with van der Waals surface area (Å²) in [6.45, 7) is 6.77. The Morgan fingerprint density at radius 2 is 1.91 bits per heavy atom. The zero-order chi connectivity index (χ0) is 24.6. The summed E-state index contributed by atoms with van der Waals surface area (Å²) in [4.78, 5) is 38.1. The third kappa shape index (κ3) is 4.23. The summed E-state index contributed by atoms with van der Waals surface area (Å²) in [5.41, 5.74) is 1.27. The van der Waals surface area contributed by atoms with Gasteiger partial charge in [-0.15, -0.1) is 0 Å². The molecule has 0 spiro atoms. The van der Waals surface area contributed by atoms with Gasteiger partial charge in [-0.2, -0.15) is 0 Å². The van der Waals surface area contributed by atoms with Crippen LogP contribution < -0.4 is 14.2 Å². The molecule has 3 atom stereocenters. The van der Waals surface area contributed by atoms with Gasteiger partial charge >= 0.3 is 6.16 Å². The maximum atomic E-state index is 13.1. The third-order valence-corrected chi connectivity index (χ3v) is 6.67. The summed E-state index contributed by atoms with van der Waals surface area (Å²) in [5, 5.41) is 10.8. The van der Waals surface area contributed by atoms with Gasteiger partial charge in [0, 0.05) is 36.7 Å². The number of carbonyl (C=O) groups is 2. The SMILES string of the molecule is CCCC(=O)C1Oc2c(OC(=O)Oc3ccc([N+](=O)[O-])cc3)ccc3c2C1(C)CN(C)C(C)C3. The zero-order valence-electron chi connectivity index (χ0n) is 19.7. The minimum Gasteiger partial charge on any atom is -0.477 e. The highest BCUT2D eigenvalue weighted by atomic mass is 16.7. The number of hydrogen-bond donors (Lipinski definition) is 0. The smallest absolute Gasteiger partial charge is 0.477 e. The van der Waals surface area contributed by atoms with E-state index in [1.54, 1.807) is 6.07 Å². The molecule has 2 aliphatic rings. The Balaban J connectivity index is 1.64. The summed E-state index contributed by atoms with van der Waals surface area (Å²) < 4.78 is 16.9. The van der Waals surface area contributed by atoms with Crippen molar-refractivity contribution in [2.75, 3.05) is 13.6 Å². The molecule has 3 unspecified atom stereocenters. The van der Waals surface area contributed by atoms with Crippen LogP contribution in [-0.2, 0) is 16.6 Å². The number of non-ortho nitro benzene ring substituents is 1. The molecule has 0 bridgehead atoms. The van der Waals surface area contributed by atoms with Gasteiger partial charge in [0.2, 0.25) is 0 Å². The van der Waals surface area contributed by atoms with Crippen LogP contribution in [-0.4, -0.2) is 47.5 Å². The number of likely N-dealkylation sites (N-methyl/N-ethyl adjacent to an activating group) is 1.